The van der Waals surface area contributed by atoms with Crippen LogP contribution >= 0.6 is 0 Å². The molecule has 1 aliphatic carbocycles. The van der Waals surface area contributed by atoms with Gasteiger partial charge in [0.25, 0.3) is 0 Å². The lowest BCUT2D eigenvalue weighted by Gasteiger charge is -2.36. The van der Waals surface area contributed by atoms with Crippen molar-refractivity contribution in [2.45, 2.75) is 38.3 Å². The number of aromatic nitrogens is 1. The molecule has 1 saturated carbocycles. The average Bonchev–Trinajstić information content (AvgIpc) is 2.67. The summed E-state index contributed by atoms with van der Waals surface area (Å²) in [5.74, 6) is 0.697. The fraction of sp³-hybridized carbons (Fsp3) is 0.636. The van der Waals surface area contributed by atoms with Crippen molar-refractivity contribution in [3.05, 3.63) is 17.8 Å². The Morgan fingerprint density at radius 3 is 2.88 bits per heavy atom. The number of hydrogen-bond acceptors (Lipinski definition) is 4. The number of carbonyl (C=O) groups excluding carboxylic acids is 1. The molecule has 6 nitrogen and oxygen atoms in total. The molecular formula is C11H17N3O3. The zero-order chi connectivity index (χ0) is 12.3. The summed E-state index contributed by atoms with van der Waals surface area (Å²) < 4.78 is 5.01. The van der Waals surface area contributed by atoms with E-state index in [0.717, 1.165) is 19.3 Å². The van der Waals surface area contributed by atoms with Crippen LogP contribution in [0.1, 0.15) is 30.7 Å². The van der Waals surface area contributed by atoms with E-state index in [1.807, 2.05) is 0 Å². The van der Waals surface area contributed by atoms with Crippen molar-refractivity contribution in [1.82, 2.24) is 15.6 Å². The first-order chi connectivity index (χ1) is 8.09. The van der Waals surface area contributed by atoms with Gasteiger partial charge >= 0.3 is 6.03 Å². The summed E-state index contributed by atoms with van der Waals surface area (Å²) >= 11 is 0. The van der Waals surface area contributed by atoms with Crippen molar-refractivity contribution in [1.29, 1.82) is 0 Å². The molecule has 1 aromatic rings. The Labute approximate surface area is 99.4 Å². The molecule has 0 aliphatic heterocycles. The molecule has 2 amide bonds. The highest BCUT2D eigenvalue weighted by atomic mass is 16.3. The molecule has 0 spiro atoms. The first kappa shape index (κ1) is 11.9. The minimum absolute atomic E-state index is 0.298. The molecule has 0 atom stereocenters. The van der Waals surface area contributed by atoms with Crippen LogP contribution in [-0.2, 0) is 6.54 Å². The minimum Gasteiger partial charge on any atom is -0.448 e. The van der Waals surface area contributed by atoms with Crippen molar-refractivity contribution in [2.75, 3.05) is 6.54 Å². The maximum absolute atomic E-state index is 11.4. The largest absolute Gasteiger partial charge is 0.448 e. The van der Waals surface area contributed by atoms with Gasteiger partial charge in [-0.2, -0.15) is 0 Å². The normalized spacial score (nSPS) is 17.3. The summed E-state index contributed by atoms with van der Waals surface area (Å²) in [5, 5.41) is 15.1. The fourth-order valence-electron chi connectivity index (χ4n) is 1.73. The summed E-state index contributed by atoms with van der Waals surface area (Å²) in [4.78, 5) is 15.4. The van der Waals surface area contributed by atoms with Crippen molar-refractivity contribution in [3.8, 4) is 0 Å². The Morgan fingerprint density at radius 1 is 1.59 bits per heavy atom. The number of rotatable bonds is 4. The van der Waals surface area contributed by atoms with Crippen LogP contribution in [0.15, 0.2) is 10.8 Å². The van der Waals surface area contributed by atoms with E-state index in [2.05, 4.69) is 15.6 Å². The van der Waals surface area contributed by atoms with Crippen molar-refractivity contribution < 1.29 is 14.3 Å². The summed E-state index contributed by atoms with van der Waals surface area (Å²) in [6, 6.07) is -0.298. The number of urea groups is 1. The monoisotopic (exact) mass is 239 g/mol. The van der Waals surface area contributed by atoms with Gasteiger partial charge in [0.2, 0.25) is 0 Å². The van der Waals surface area contributed by atoms with Gasteiger partial charge in [-0.05, 0) is 26.2 Å². The zero-order valence-corrected chi connectivity index (χ0v) is 9.82. The maximum atomic E-state index is 11.4. The Bertz CT molecular complexity index is 398. The van der Waals surface area contributed by atoms with E-state index in [1.165, 1.54) is 6.39 Å². The highest BCUT2D eigenvalue weighted by Crippen LogP contribution is 2.30. The van der Waals surface area contributed by atoms with Crippen LogP contribution in [0.5, 0.6) is 0 Å². The van der Waals surface area contributed by atoms with Crippen LogP contribution in [-0.4, -0.2) is 28.3 Å². The number of carbonyl (C=O) groups is 1. The van der Waals surface area contributed by atoms with Crippen LogP contribution in [0.2, 0.25) is 0 Å². The second kappa shape index (κ2) is 4.75. The van der Waals surface area contributed by atoms with Gasteiger partial charge in [-0.15, -0.1) is 0 Å². The quantitative estimate of drug-likeness (QED) is 0.721. The van der Waals surface area contributed by atoms with Gasteiger partial charge in [-0.25, -0.2) is 9.78 Å². The molecule has 2 rings (SSSR count). The van der Waals surface area contributed by atoms with Crippen LogP contribution in [0.4, 0.5) is 4.79 Å². The lowest BCUT2D eigenvalue weighted by molar-refractivity contribution is -0.0290. The Kier molecular flexibility index (Phi) is 3.33. The molecule has 17 heavy (non-hydrogen) atoms. The molecule has 3 N–H and O–H groups in total. The minimum atomic E-state index is -0.693. The molecular weight excluding hydrogens is 222 g/mol. The Hall–Kier alpha value is -1.56. The van der Waals surface area contributed by atoms with E-state index in [0.29, 0.717) is 24.5 Å². The molecule has 0 bridgehead atoms. The van der Waals surface area contributed by atoms with Crippen molar-refractivity contribution in [2.24, 2.45) is 0 Å². The third-order valence-corrected chi connectivity index (χ3v) is 3.12. The third kappa shape index (κ3) is 2.97. The van der Waals surface area contributed by atoms with Crippen molar-refractivity contribution in [3.63, 3.8) is 0 Å². The predicted octanol–water partition coefficient (Wildman–Crippen LogP) is 0.697. The second-order valence-electron chi connectivity index (χ2n) is 4.47. The average molecular weight is 239 g/mol. The predicted molar refractivity (Wildman–Crippen MR) is 60.3 cm³/mol. The number of oxazole rings is 1. The molecule has 1 aromatic heterocycles. The van der Waals surface area contributed by atoms with Gasteiger partial charge < -0.3 is 20.2 Å². The number of nitrogens with zero attached hydrogens (tertiary/aromatic N) is 1. The topological polar surface area (TPSA) is 87.4 Å². The molecule has 0 aromatic carbocycles. The molecule has 0 radical (unpaired) electrons. The molecule has 0 unspecified atom stereocenters. The number of amides is 2. The van der Waals surface area contributed by atoms with E-state index < -0.39 is 5.60 Å². The number of aliphatic hydroxyl groups is 1. The van der Waals surface area contributed by atoms with Gasteiger partial charge in [0.05, 0.1) is 12.1 Å². The second-order valence-corrected chi connectivity index (χ2v) is 4.47. The first-order valence-corrected chi connectivity index (χ1v) is 5.72. The summed E-state index contributed by atoms with van der Waals surface area (Å²) in [6.07, 6.45) is 3.89. The molecule has 1 aliphatic rings. The number of hydrogen-bond donors (Lipinski definition) is 3. The van der Waals surface area contributed by atoms with Crippen LogP contribution in [0.25, 0.3) is 0 Å². The summed E-state index contributed by atoms with van der Waals surface area (Å²) in [6.45, 7) is 2.42. The summed E-state index contributed by atoms with van der Waals surface area (Å²) in [7, 11) is 0. The van der Waals surface area contributed by atoms with Gasteiger partial charge in [0.1, 0.15) is 11.5 Å². The molecule has 94 valence electrons. The van der Waals surface area contributed by atoms with Gasteiger partial charge in [0.15, 0.2) is 6.39 Å². The number of aryl methyl sites for hydroxylation is 1. The van der Waals surface area contributed by atoms with Gasteiger partial charge in [-0.3, -0.25) is 0 Å². The van der Waals surface area contributed by atoms with Gasteiger partial charge in [-0.1, -0.05) is 0 Å². The Morgan fingerprint density at radius 2 is 2.35 bits per heavy atom. The van der Waals surface area contributed by atoms with E-state index in [1.54, 1.807) is 6.92 Å². The van der Waals surface area contributed by atoms with E-state index in [4.69, 9.17) is 4.42 Å². The van der Waals surface area contributed by atoms with Crippen LogP contribution < -0.4 is 10.6 Å². The SMILES string of the molecule is Cc1ocnc1CNC(=O)NCC1(O)CCC1. The van der Waals surface area contributed by atoms with E-state index >= 15 is 0 Å². The molecule has 0 saturated heterocycles. The van der Waals surface area contributed by atoms with E-state index in [9.17, 15) is 9.90 Å². The highest BCUT2D eigenvalue weighted by Gasteiger charge is 2.34. The third-order valence-electron chi connectivity index (χ3n) is 3.12. The number of nitrogens with one attached hydrogen (secondary N) is 2. The fourth-order valence-corrected chi connectivity index (χ4v) is 1.73. The lowest BCUT2D eigenvalue weighted by Crippen LogP contribution is -2.50. The van der Waals surface area contributed by atoms with Crippen LogP contribution in [0.3, 0.4) is 0 Å². The zero-order valence-electron chi connectivity index (χ0n) is 9.82. The molecule has 6 heteroatoms. The smallest absolute Gasteiger partial charge is 0.315 e. The highest BCUT2D eigenvalue weighted by molar-refractivity contribution is 5.73. The van der Waals surface area contributed by atoms with E-state index in [-0.39, 0.29) is 6.03 Å². The van der Waals surface area contributed by atoms with Gasteiger partial charge in [0, 0.05) is 6.54 Å². The standard InChI is InChI=1S/C11H17N3O3/c1-8-9(14-7-17-8)5-12-10(15)13-6-11(16)3-2-4-11/h7,16H,2-6H2,1H3,(H2,12,13,15). The Balaban J connectivity index is 1.69. The molecule has 1 heterocycles. The first-order valence-electron chi connectivity index (χ1n) is 5.72. The molecule has 1 fully saturated rings. The van der Waals surface area contributed by atoms with Crippen LogP contribution in [0, 0.1) is 6.92 Å². The maximum Gasteiger partial charge on any atom is 0.315 e. The lowest BCUT2D eigenvalue weighted by atomic mass is 9.80. The van der Waals surface area contributed by atoms with Crippen molar-refractivity contribution >= 4 is 6.03 Å². The summed E-state index contributed by atoms with van der Waals surface area (Å²) in [5.41, 5.74) is 0.0173.